The molecule has 3 rings (SSSR count). The Morgan fingerprint density at radius 3 is 3.00 bits per heavy atom. The molecule has 2 heterocycles. The van der Waals surface area contributed by atoms with E-state index < -0.39 is 5.82 Å². The summed E-state index contributed by atoms with van der Waals surface area (Å²) in [5.41, 5.74) is 0.650. The molecule has 1 aliphatic rings. The number of hydrogen-bond donors (Lipinski definition) is 1. The minimum absolute atomic E-state index is 0.0552. The minimum Gasteiger partial charge on any atom is -0.337 e. The monoisotopic (exact) mass is 281 g/mol. The summed E-state index contributed by atoms with van der Waals surface area (Å²) in [4.78, 5) is 4.35. The predicted molar refractivity (Wildman–Crippen MR) is 69.3 cm³/mol. The van der Waals surface area contributed by atoms with E-state index in [2.05, 4.69) is 15.5 Å². The van der Waals surface area contributed by atoms with Gasteiger partial charge < -0.3 is 9.84 Å². The first kappa shape index (κ1) is 12.6. The Bertz CT molecular complexity index is 581. The zero-order chi connectivity index (χ0) is 13.2. The van der Waals surface area contributed by atoms with Crippen LogP contribution in [0.5, 0.6) is 0 Å². The molecule has 0 saturated carbocycles. The Balaban J connectivity index is 1.85. The van der Waals surface area contributed by atoms with Crippen molar-refractivity contribution < 1.29 is 8.91 Å². The standard InChI is InChI=1S/C13H13ClFN3O/c14-9-7-8(4-5-10(9)15)12-17-13(19-18-12)11-3-1-2-6-16-11/h4-5,7,11,16H,1-3,6H2. The molecule has 0 radical (unpaired) electrons. The second-order valence-electron chi connectivity index (χ2n) is 4.59. The molecule has 2 aromatic rings. The van der Waals surface area contributed by atoms with Crippen LogP contribution in [-0.2, 0) is 0 Å². The number of halogens is 2. The lowest BCUT2D eigenvalue weighted by Crippen LogP contribution is -2.26. The van der Waals surface area contributed by atoms with Crippen molar-refractivity contribution in [2.24, 2.45) is 0 Å². The van der Waals surface area contributed by atoms with Crippen LogP contribution in [0.4, 0.5) is 4.39 Å². The molecule has 1 saturated heterocycles. The highest BCUT2D eigenvalue weighted by Crippen LogP contribution is 2.26. The fraction of sp³-hybridized carbons (Fsp3) is 0.385. The lowest BCUT2D eigenvalue weighted by Gasteiger charge is -2.19. The molecule has 100 valence electrons. The summed E-state index contributed by atoms with van der Waals surface area (Å²) < 4.78 is 18.4. The molecule has 1 unspecified atom stereocenters. The van der Waals surface area contributed by atoms with Crippen molar-refractivity contribution in [1.82, 2.24) is 15.5 Å². The normalized spacial score (nSPS) is 19.6. The van der Waals surface area contributed by atoms with Gasteiger partial charge in [-0.2, -0.15) is 4.98 Å². The summed E-state index contributed by atoms with van der Waals surface area (Å²) in [6.45, 7) is 0.963. The van der Waals surface area contributed by atoms with Crippen LogP contribution in [0.15, 0.2) is 22.7 Å². The molecule has 0 spiro atoms. The summed E-state index contributed by atoms with van der Waals surface area (Å²) >= 11 is 5.75. The molecule has 19 heavy (non-hydrogen) atoms. The third-order valence-corrected chi connectivity index (χ3v) is 3.52. The van der Waals surface area contributed by atoms with Crippen LogP contribution in [0.2, 0.25) is 5.02 Å². The van der Waals surface area contributed by atoms with E-state index in [4.69, 9.17) is 16.1 Å². The van der Waals surface area contributed by atoms with Gasteiger partial charge in [-0.05, 0) is 37.6 Å². The largest absolute Gasteiger partial charge is 0.337 e. The van der Waals surface area contributed by atoms with Crippen LogP contribution in [0.25, 0.3) is 11.4 Å². The molecule has 1 aliphatic heterocycles. The summed E-state index contributed by atoms with van der Waals surface area (Å²) in [5.74, 6) is 0.558. The van der Waals surface area contributed by atoms with Gasteiger partial charge in [-0.25, -0.2) is 4.39 Å². The van der Waals surface area contributed by atoms with Crippen molar-refractivity contribution in [3.8, 4) is 11.4 Å². The van der Waals surface area contributed by atoms with Crippen molar-refractivity contribution in [3.05, 3.63) is 34.9 Å². The van der Waals surface area contributed by atoms with Gasteiger partial charge in [0.05, 0.1) is 11.1 Å². The first-order valence-electron chi connectivity index (χ1n) is 6.26. The average molecular weight is 282 g/mol. The molecular formula is C13H13ClFN3O. The number of benzene rings is 1. The molecule has 0 bridgehead atoms. The van der Waals surface area contributed by atoms with E-state index in [-0.39, 0.29) is 11.1 Å². The van der Waals surface area contributed by atoms with Gasteiger partial charge in [0.1, 0.15) is 5.82 Å². The second-order valence-corrected chi connectivity index (χ2v) is 4.99. The van der Waals surface area contributed by atoms with E-state index in [1.54, 1.807) is 6.07 Å². The first-order chi connectivity index (χ1) is 9.24. The van der Waals surface area contributed by atoms with E-state index in [0.29, 0.717) is 17.3 Å². The van der Waals surface area contributed by atoms with Gasteiger partial charge in [0, 0.05) is 5.56 Å². The minimum atomic E-state index is -0.455. The highest BCUT2D eigenvalue weighted by atomic mass is 35.5. The quantitative estimate of drug-likeness (QED) is 0.917. The van der Waals surface area contributed by atoms with Gasteiger partial charge in [-0.3, -0.25) is 0 Å². The maximum Gasteiger partial charge on any atom is 0.244 e. The van der Waals surface area contributed by atoms with E-state index in [0.717, 1.165) is 19.4 Å². The van der Waals surface area contributed by atoms with Crippen molar-refractivity contribution in [2.75, 3.05) is 6.54 Å². The number of nitrogens with one attached hydrogen (secondary N) is 1. The molecule has 1 fully saturated rings. The van der Waals surface area contributed by atoms with Gasteiger partial charge in [-0.1, -0.05) is 23.2 Å². The van der Waals surface area contributed by atoms with E-state index >= 15 is 0 Å². The highest BCUT2D eigenvalue weighted by molar-refractivity contribution is 6.31. The van der Waals surface area contributed by atoms with Crippen molar-refractivity contribution in [3.63, 3.8) is 0 Å². The third kappa shape index (κ3) is 2.62. The maximum absolute atomic E-state index is 13.1. The van der Waals surface area contributed by atoms with Crippen molar-refractivity contribution in [2.45, 2.75) is 25.3 Å². The Morgan fingerprint density at radius 1 is 1.37 bits per heavy atom. The smallest absolute Gasteiger partial charge is 0.244 e. The van der Waals surface area contributed by atoms with Crippen LogP contribution in [0.1, 0.15) is 31.2 Å². The van der Waals surface area contributed by atoms with E-state index in [9.17, 15) is 4.39 Å². The van der Waals surface area contributed by atoms with Gasteiger partial charge in [-0.15, -0.1) is 0 Å². The number of aromatic nitrogens is 2. The van der Waals surface area contributed by atoms with Crippen LogP contribution in [0, 0.1) is 5.82 Å². The Labute approximate surface area is 115 Å². The number of hydrogen-bond acceptors (Lipinski definition) is 4. The Hall–Kier alpha value is -1.46. The number of piperidine rings is 1. The number of rotatable bonds is 2. The Morgan fingerprint density at radius 2 is 2.26 bits per heavy atom. The van der Waals surface area contributed by atoms with Crippen LogP contribution >= 0.6 is 11.6 Å². The summed E-state index contributed by atoms with van der Waals surface area (Å²) in [6, 6.07) is 4.50. The lowest BCUT2D eigenvalue weighted by molar-refractivity contribution is 0.297. The predicted octanol–water partition coefficient (Wildman–Crippen LogP) is 3.34. The molecular weight excluding hydrogens is 269 g/mol. The van der Waals surface area contributed by atoms with Crippen molar-refractivity contribution in [1.29, 1.82) is 0 Å². The number of nitrogens with zero attached hydrogens (tertiary/aromatic N) is 2. The molecule has 4 nitrogen and oxygen atoms in total. The molecule has 1 atom stereocenters. The third-order valence-electron chi connectivity index (χ3n) is 3.23. The Kier molecular flexibility index (Phi) is 3.48. The fourth-order valence-electron chi connectivity index (χ4n) is 2.19. The van der Waals surface area contributed by atoms with E-state index in [1.165, 1.54) is 18.6 Å². The van der Waals surface area contributed by atoms with Crippen LogP contribution < -0.4 is 5.32 Å². The highest BCUT2D eigenvalue weighted by Gasteiger charge is 2.21. The topological polar surface area (TPSA) is 51.0 Å². The molecule has 0 amide bonds. The van der Waals surface area contributed by atoms with Gasteiger partial charge in [0.25, 0.3) is 0 Å². The molecule has 0 aliphatic carbocycles. The fourth-order valence-corrected chi connectivity index (χ4v) is 2.37. The molecule has 1 aromatic heterocycles. The molecule has 1 N–H and O–H groups in total. The first-order valence-corrected chi connectivity index (χ1v) is 6.64. The maximum atomic E-state index is 13.1. The van der Waals surface area contributed by atoms with Crippen molar-refractivity contribution >= 4 is 11.6 Å². The zero-order valence-electron chi connectivity index (χ0n) is 10.2. The summed E-state index contributed by atoms with van der Waals surface area (Å²) in [6.07, 6.45) is 3.31. The average Bonchev–Trinajstić information content (AvgIpc) is 2.93. The van der Waals surface area contributed by atoms with Crippen LogP contribution in [-0.4, -0.2) is 16.7 Å². The lowest BCUT2D eigenvalue weighted by atomic mass is 10.1. The van der Waals surface area contributed by atoms with Gasteiger partial charge >= 0.3 is 0 Å². The van der Waals surface area contributed by atoms with Gasteiger partial charge in [0.2, 0.25) is 11.7 Å². The van der Waals surface area contributed by atoms with Crippen LogP contribution in [0.3, 0.4) is 0 Å². The van der Waals surface area contributed by atoms with Gasteiger partial charge in [0.15, 0.2) is 0 Å². The SMILES string of the molecule is Fc1ccc(-c2noc(C3CCCCN3)n2)cc1Cl. The molecule has 6 heteroatoms. The summed E-state index contributed by atoms with van der Waals surface area (Å²) in [7, 11) is 0. The summed E-state index contributed by atoms with van der Waals surface area (Å²) in [5, 5.41) is 7.32. The second kappa shape index (κ2) is 5.27. The molecule has 1 aromatic carbocycles. The van der Waals surface area contributed by atoms with E-state index in [1.807, 2.05) is 0 Å². The zero-order valence-corrected chi connectivity index (χ0v) is 11.0.